The van der Waals surface area contributed by atoms with E-state index in [-0.39, 0.29) is 42.0 Å². The Labute approximate surface area is 231 Å². The maximum atomic E-state index is 14.0. The Balaban J connectivity index is 1.45. The minimum Gasteiger partial charge on any atom is -0.494 e. The van der Waals surface area contributed by atoms with Crippen molar-refractivity contribution in [2.75, 3.05) is 30.4 Å². The molecule has 0 saturated carbocycles. The van der Waals surface area contributed by atoms with Crippen LogP contribution >= 0.6 is 23.4 Å². The van der Waals surface area contributed by atoms with E-state index in [1.54, 1.807) is 65.2 Å². The third-order valence-electron chi connectivity index (χ3n) is 7.92. The van der Waals surface area contributed by atoms with Gasteiger partial charge in [0.1, 0.15) is 11.8 Å². The number of amides is 3. The summed E-state index contributed by atoms with van der Waals surface area (Å²) < 4.78 is 4.74. The molecule has 0 aromatic heterocycles. The summed E-state index contributed by atoms with van der Waals surface area (Å²) in [5.41, 5.74) is 1.10. The number of likely N-dealkylation sites (tertiary alicyclic amines) is 1. The lowest BCUT2D eigenvalue weighted by Gasteiger charge is -2.38. The normalized spacial score (nSPS) is 29.3. The number of hydrogen-bond acceptors (Lipinski definition) is 6. The van der Waals surface area contributed by atoms with Crippen molar-refractivity contribution >= 4 is 52.5 Å². The standard InChI is InChI=1S/C28H32ClN3O5S/c1-3-37-18-11-9-17(10-12-18)30-25(34)22-21-15-16(2)28(38-21)23(22)27(36)32(13-6-14-33)24(28)26(35)31-20-8-5-4-7-19(20)29/h4-5,7-12,16,21-24,33H,3,6,13-15H2,1-2H3,(H,30,34)(H,31,35)/t16?,21-,22+,23+,24?,28?/m1/s1. The van der Waals surface area contributed by atoms with Crippen LogP contribution in [0.15, 0.2) is 48.5 Å². The first-order valence-electron chi connectivity index (χ1n) is 13.0. The summed E-state index contributed by atoms with van der Waals surface area (Å²) in [5, 5.41) is 15.8. The number of benzene rings is 2. The van der Waals surface area contributed by atoms with Crippen LogP contribution < -0.4 is 15.4 Å². The molecule has 1 spiro atoms. The van der Waals surface area contributed by atoms with E-state index in [9.17, 15) is 19.5 Å². The van der Waals surface area contributed by atoms with Gasteiger partial charge in [0, 0.05) is 24.1 Å². The molecule has 3 N–H and O–H groups in total. The van der Waals surface area contributed by atoms with E-state index in [4.69, 9.17) is 16.3 Å². The third kappa shape index (κ3) is 4.44. The summed E-state index contributed by atoms with van der Waals surface area (Å²) in [6.45, 7) is 4.66. The fourth-order valence-electron chi connectivity index (χ4n) is 6.39. The lowest BCUT2D eigenvalue weighted by molar-refractivity contribution is -0.138. The largest absolute Gasteiger partial charge is 0.494 e. The molecule has 8 nitrogen and oxygen atoms in total. The number of anilines is 2. The molecule has 38 heavy (non-hydrogen) atoms. The highest BCUT2D eigenvalue weighted by Gasteiger charge is 2.75. The Morgan fingerprint density at radius 2 is 1.89 bits per heavy atom. The molecule has 5 rings (SSSR count). The zero-order valence-corrected chi connectivity index (χ0v) is 22.9. The number of nitrogens with one attached hydrogen (secondary N) is 2. The van der Waals surface area contributed by atoms with Crippen LogP contribution in [0.3, 0.4) is 0 Å². The number of fused-ring (bicyclic) bond motifs is 1. The van der Waals surface area contributed by atoms with Crippen molar-refractivity contribution in [2.24, 2.45) is 17.8 Å². The Hall–Kier alpha value is -2.75. The van der Waals surface area contributed by atoms with Gasteiger partial charge in [-0.3, -0.25) is 14.4 Å². The molecule has 2 aromatic carbocycles. The first-order valence-corrected chi connectivity index (χ1v) is 14.3. The lowest BCUT2D eigenvalue weighted by atomic mass is 9.66. The van der Waals surface area contributed by atoms with E-state index in [1.165, 1.54) is 0 Å². The molecule has 3 fully saturated rings. The highest BCUT2D eigenvalue weighted by molar-refractivity contribution is 8.02. The molecule has 2 aromatic rings. The number of halogens is 1. The summed E-state index contributed by atoms with van der Waals surface area (Å²) in [6.07, 6.45) is 1.08. The molecule has 202 valence electrons. The van der Waals surface area contributed by atoms with Crippen LogP contribution in [0.5, 0.6) is 5.75 Å². The molecule has 3 aliphatic heterocycles. The van der Waals surface area contributed by atoms with Crippen LogP contribution in [0.1, 0.15) is 26.7 Å². The molecule has 3 amide bonds. The van der Waals surface area contributed by atoms with Gasteiger partial charge in [-0.05, 0) is 62.1 Å². The fourth-order valence-corrected chi connectivity index (χ4v) is 9.00. The number of carbonyl (C=O) groups is 3. The van der Waals surface area contributed by atoms with Gasteiger partial charge in [0.15, 0.2) is 0 Å². The van der Waals surface area contributed by atoms with Crippen LogP contribution in [0, 0.1) is 17.8 Å². The van der Waals surface area contributed by atoms with Crippen molar-refractivity contribution in [3.8, 4) is 5.75 Å². The minimum atomic E-state index is -0.781. The van der Waals surface area contributed by atoms with Crippen LogP contribution in [-0.4, -0.2) is 63.5 Å². The van der Waals surface area contributed by atoms with E-state index in [2.05, 4.69) is 17.6 Å². The molecular formula is C28H32ClN3O5S. The Morgan fingerprint density at radius 1 is 1.16 bits per heavy atom. The van der Waals surface area contributed by atoms with E-state index >= 15 is 0 Å². The van der Waals surface area contributed by atoms with Crippen LogP contribution in [0.2, 0.25) is 5.02 Å². The molecule has 6 atom stereocenters. The summed E-state index contributed by atoms with van der Waals surface area (Å²) in [6, 6.07) is 13.4. The molecule has 3 aliphatic rings. The van der Waals surface area contributed by atoms with Gasteiger partial charge in [-0.15, -0.1) is 11.8 Å². The molecule has 3 unspecified atom stereocenters. The quantitative estimate of drug-likeness (QED) is 0.429. The summed E-state index contributed by atoms with van der Waals surface area (Å²) in [5.74, 6) is -1.18. The van der Waals surface area contributed by atoms with Crippen molar-refractivity contribution in [1.82, 2.24) is 4.90 Å². The topological polar surface area (TPSA) is 108 Å². The molecular weight excluding hydrogens is 526 g/mol. The van der Waals surface area contributed by atoms with Gasteiger partial charge in [-0.25, -0.2) is 0 Å². The van der Waals surface area contributed by atoms with Crippen molar-refractivity contribution in [1.29, 1.82) is 0 Å². The number of thioether (sulfide) groups is 1. The van der Waals surface area contributed by atoms with Gasteiger partial charge in [0.2, 0.25) is 17.7 Å². The first-order chi connectivity index (χ1) is 18.3. The monoisotopic (exact) mass is 557 g/mol. The van der Waals surface area contributed by atoms with Crippen molar-refractivity contribution in [2.45, 2.75) is 42.7 Å². The number of aliphatic hydroxyl groups excluding tert-OH is 1. The smallest absolute Gasteiger partial charge is 0.248 e. The van der Waals surface area contributed by atoms with Gasteiger partial charge in [-0.1, -0.05) is 30.7 Å². The van der Waals surface area contributed by atoms with E-state index in [0.29, 0.717) is 35.2 Å². The summed E-state index contributed by atoms with van der Waals surface area (Å²) >= 11 is 7.92. The molecule has 0 radical (unpaired) electrons. The number of ether oxygens (including phenoxy) is 1. The Kier molecular flexibility index (Phi) is 7.62. The molecule has 2 bridgehead atoms. The number of carbonyl (C=O) groups excluding carboxylic acids is 3. The Bertz CT molecular complexity index is 1230. The predicted octanol–water partition coefficient (Wildman–Crippen LogP) is 4.04. The Morgan fingerprint density at radius 3 is 2.58 bits per heavy atom. The number of aliphatic hydroxyl groups is 1. The van der Waals surface area contributed by atoms with Gasteiger partial charge < -0.3 is 25.4 Å². The molecule has 3 heterocycles. The van der Waals surface area contributed by atoms with Crippen LogP contribution in [0.4, 0.5) is 11.4 Å². The van der Waals surface area contributed by atoms with Crippen molar-refractivity contribution in [3.05, 3.63) is 53.6 Å². The average Bonchev–Trinajstić information content (AvgIpc) is 3.49. The van der Waals surface area contributed by atoms with Gasteiger partial charge in [0.05, 0.1) is 33.9 Å². The maximum Gasteiger partial charge on any atom is 0.248 e. The third-order valence-corrected chi connectivity index (χ3v) is 10.3. The summed E-state index contributed by atoms with van der Waals surface area (Å²) in [4.78, 5) is 43.1. The summed E-state index contributed by atoms with van der Waals surface area (Å²) in [7, 11) is 0. The molecule has 3 saturated heterocycles. The minimum absolute atomic E-state index is 0.0436. The second-order valence-corrected chi connectivity index (χ2v) is 12.0. The van der Waals surface area contributed by atoms with Gasteiger partial charge in [0.25, 0.3) is 0 Å². The number of para-hydroxylation sites is 1. The second-order valence-electron chi connectivity index (χ2n) is 10.1. The van der Waals surface area contributed by atoms with Crippen molar-refractivity contribution in [3.63, 3.8) is 0 Å². The van der Waals surface area contributed by atoms with E-state index in [0.717, 1.165) is 6.42 Å². The highest BCUT2D eigenvalue weighted by Crippen LogP contribution is 2.68. The number of hydrogen-bond donors (Lipinski definition) is 3. The van der Waals surface area contributed by atoms with E-state index in [1.807, 2.05) is 6.92 Å². The van der Waals surface area contributed by atoms with Gasteiger partial charge >= 0.3 is 0 Å². The first kappa shape index (κ1) is 26.8. The van der Waals surface area contributed by atoms with Crippen LogP contribution in [-0.2, 0) is 14.4 Å². The highest BCUT2D eigenvalue weighted by atomic mass is 35.5. The lowest BCUT2D eigenvalue weighted by Crippen LogP contribution is -2.54. The second kappa shape index (κ2) is 10.8. The fraction of sp³-hybridized carbons (Fsp3) is 0.464. The SMILES string of the molecule is CCOc1ccc(NC(=O)[C@@H]2[C@H]3C(=O)N(CCCO)C(C(=O)Nc4ccccc4Cl)C34S[C@@H]2CC4C)cc1. The zero-order chi connectivity index (χ0) is 27.0. The molecule has 10 heteroatoms. The average molecular weight is 558 g/mol. The number of nitrogens with zero attached hydrogens (tertiary/aromatic N) is 1. The van der Waals surface area contributed by atoms with Crippen molar-refractivity contribution < 1.29 is 24.2 Å². The van der Waals surface area contributed by atoms with Crippen LogP contribution in [0.25, 0.3) is 0 Å². The van der Waals surface area contributed by atoms with E-state index < -0.39 is 22.6 Å². The predicted molar refractivity (Wildman–Crippen MR) is 148 cm³/mol. The van der Waals surface area contributed by atoms with Gasteiger partial charge in [-0.2, -0.15) is 0 Å². The zero-order valence-electron chi connectivity index (χ0n) is 21.4. The molecule has 0 aliphatic carbocycles. The number of rotatable bonds is 9. The maximum absolute atomic E-state index is 14.0.